The maximum absolute atomic E-state index is 13.0. The average Bonchev–Trinajstić information content (AvgIpc) is 2.75. The molecule has 2 aromatic rings. The van der Waals surface area contributed by atoms with Gasteiger partial charge in [0.1, 0.15) is 0 Å². The SMILES string of the molecule is CCc1ccc(C(C)NC(=O)C2CCCN(S(=O)(=O)Cc3ccc(Cl)cc3Cl)C2)cc1. The van der Waals surface area contributed by atoms with E-state index in [1.54, 1.807) is 12.1 Å². The molecule has 8 heteroatoms. The van der Waals surface area contributed by atoms with Gasteiger partial charge in [0.2, 0.25) is 15.9 Å². The van der Waals surface area contributed by atoms with Crippen molar-refractivity contribution in [3.8, 4) is 0 Å². The lowest BCUT2D eigenvalue weighted by Gasteiger charge is -2.32. The molecule has 2 aromatic carbocycles. The molecule has 3 rings (SSSR count). The van der Waals surface area contributed by atoms with E-state index in [-0.39, 0.29) is 30.2 Å². The van der Waals surface area contributed by atoms with E-state index in [4.69, 9.17) is 23.2 Å². The third-order valence-electron chi connectivity index (χ3n) is 5.75. The summed E-state index contributed by atoms with van der Waals surface area (Å²) in [7, 11) is -3.60. The first-order valence-electron chi connectivity index (χ1n) is 10.5. The van der Waals surface area contributed by atoms with E-state index >= 15 is 0 Å². The molecule has 1 heterocycles. The smallest absolute Gasteiger partial charge is 0.224 e. The lowest BCUT2D eigenvalue weighted by atomic mass is 9.97. The Balaban J connectivity index is 1.63. The standard InChI is InChI=1S/C23H28Cl2N2O3S/c1-3-17-6-8-18(9-7-17)16(2)26-23(28)19-5-4-12-27(14-19)31(29,30)15-20-10-11-21(24)13-22(20)25/h6-11,13,16,19H,3-5,12,14-15H2,1-2H3,(H,26,28). The van der Waals surface area contributed by atoms with Crippen LogP contribution in [0.4, 0.5) is 0 Å². The van der Waals surface area contributed by atoms with Crippen molar-refractivity contribution in [1.29, 1.82) is 0 Å². The van der Waals surface area contributed by atoms with E-state index in [0.29, 0.717) is 35.0 Å². The van der Waals surface area contributed by atoms with Crippen molar-refractivity contribution in [2.24, 2.45) is 5.92 Å². The van der Waals surface area contributed by atoms with E-state index in [2.05, 4.69) is 24.4 Å². The Morgan fingerprint density at radius 1 is 1.19 bits per heavy atom. The molecule has 1 fully saturated rings. The minimum absolute atomic E-state index is 0.114. The molecule has 0 saturated carbocycles. The maximum atomic E-state index is 13.0. The van der Waals surface area contributed by atoms with Crippen molar-refractivity contribution in [2.75, 3.05) is 13.1 Å². The number of nitrogens with zero attached hydrogens (tertiary/aromatic N) is 1. The summed E-state index contributed by atoms with van der Waals surface area (Å²) in [4.78, 5) is 12.9. The highest BCUT2D eigenvalue weighted by molar-refractivity contribution is 7.88. The van der Waals surface area contributed by atoms with E-state index in [9.17, 15) is 13.2 Å². The molecule has 0 aliphatic carbocycles. The second kappa shape index (κ2) is 10.3. The lowest BCUT2D eigenvalue weighted by Crippen LogP contribution is -2.46. The molecule has 2 unspecified atom stereocenters. The molecule has 1 saturated heterocycles. The number of benzene rings is 2. The Kier molecular flexibility index (Phi) is 8.03. The van der Waals surface area contributed by atoms with Gasteiger partial charge >= 0.3 is 0 Å². The number of carbonyl (C=O) groups is 1. The van der Waals surface area contributed by atoms with Gasteiger partial charge in [0, 0.05) is 23.1 Å². The number of amides is 1. The summed E-state index contributed by atoms with van der Waals surface area (Å²) >= 11 is 12.1. The molecule has 0 radical (unpaired) electrons. The molecule has 31 heavy (non-hydrogen) atoms. The van der Waals surface area contributed by atoms with Gasteiger partial charge in [-0.1, -0.05) is 60.5 Å². The first kappa shape index (κ1) is 24.1. The number of hydrogen-bond acceptors (Lipinski definition) is 3. The zero-order chi connectivity index (χ0) is 22.6. The fraction of sp³-hybridized carbons (Fsp3) is 0.435. The molecule has 0 spiro atoms. The molecular formula is C23H28Cl2N2O3S. The van der Waals surface area contributed by atoms with Crippen LogP contribution in [-0.2, 0) is 27.0 Å². The third-order valence-corrected chi connectivity index (χ3v) is 8.13. The van der Waals surface area contributed by atoms with Crippen LogP contribution in [0, 0.1) is 5.92 Å². The van der Waals surface area contributed by atoms with Gasteiger partial charge in [-0.05, 0) is 55.0 Å². The summed E-state index contributed by atoms with van der Waals surface area (Å²) in [6.45, 7) is 4.63. The van der Waals surface area contributed by atoms with E-state index in [1.807, 2.05) is 19.1 Å². The topological polar surface area (TPSA) is 66.5 Å². The minimum atomic E-state index is -3.60. The number of carbonyl (C=O) groups excluding carboxylic acids is 1. The van der Waals surface area contributed by atoms with Crippen LogP contribution in [0.15, 0.2) is 42.5 Å². The van der Waals surface area contributed by atoms with Gasteiger partial charge in [0.25, 0.3) is 0 Å². The fourth-order valence-corrected chi connectivity index (χ4v) is 5.99. The molecule has 1 aliphatic rings. The fourth-order valence-electron chi connectivity index (χ4n) is 3.79. The molecule has 2 atom stereocenters. The number of halogens is 2. The number of hydrogen-bond donors (Lipinski definition) is 1. The molecule has 0 bridgehead atoms. The Labute approximate surface area is 194 Å². The normalized spacial score (nSPS) is 18.5. The van der Waals surface area contributed by atoms with Crippen LogP contribution in [-0.4, -0.2) is 31.7 Å². The van der Waals surface area contributed by atoms with Gasteiger partial charge in [0.15, 0.2) is 0 Å². The third kappa shape index (κ3) is 6.22. The van der Waals surface area contributed by atoms with Crippen LogP contribution >= 0.6 is 23.2 Å². The van der Waals surface area contributed by atoms with Gasteiger partial charge in [-0.2, -0.15) is 0 Å². The second-order valence-corrected chi connectivity index (χ2v) is 10.8. The molecule has 0 aromatic heterocycles. The molecule has 168 valence electrons. The quantitative estimate of drug-likeness (QED) is 0.605. The Morgan fingerprint density at radius 2 is 1.90 bits per heavy atom. The molecular weight excluding hydrogens is 455 g/mol. The van der Waals surface area contributed by atoms with E-state index < -0.39 is 10.0 Å². The molecule has 5 nitrogen and oxygen atoms in total. The summed E-state index contributed by atoms with van der Waals surface area (Å²) in [5.74, 6) is -0.699. The van der Waals surface area contributed by atoms with Gasteiger partial charge in [-0.15, -0.1) is 0 Å². The van der Waals surface area contributed by atoms with Gasteiger partial charge < -0.3 is 5.32 Å². The second-order valence-electron chi connectivity index (χ2n) is 8.01. The summed E-state index contributed by atoms with van der Waals surface area (Å²) in [5.41, 5.74) is 2.78. The number of nitrogens with one attached hydrogen (secondary N) is 1. The maximum Gasteiger partial charge on any atom is 0.224 e. The van der Waals surface area contributed by atoms with Crippen LogP contribution in [0.5, 0.6) is 0 Å². The van der Waals surface area contributed by atoms with E-state index in [0.717, 1.165) is 12.0 Å². The summed E-state index contributed by atoms with van der Waals surface area (Å²) in [5, 5.41) is 3.83. The molecule has 1 N–H and O–H groups in total. The van der Waals surface area contributed by atoms with Crippen LogP contribution < -0.4 is 5.32 Å². The Bertz CT molecular complexity index is 1030. The minimum Gasteiger partial charge on any atom is -0.349 e. The highest BCUT2D eigenvalue weighted by Gasteiger charge is 2.33. The number of rotatable bonds is 7. The number of piperidine rings is 1. The molecule has 1 aliphatic heterocycles. The number of aryl methyl sites for hydroxylation is 1. The zero-order valence-electron chi connectivity index (χ0n) is 17.8. The summed E-state index contributed by atoms with van der Waals surface area (Å²) in [6, 6.07) is 12.8. The predicted octanol–water partition coefficient (Wildman–Crippen LogP) is 4.98. The van der Waals surface area contributed by atoms with Crippen molar-refractivity contribution in [3.63, 3.8) is 0 Å². The Hall–Kier alpha value is -1.60. The van der Waals surface area contributed by atoms with Crippen molar-refractivity contribution in [3.05, 3.63) is 69.2 Å². The highest BCUT2D eigenvalue weighted by Crippen LogP contribution is 2.27. The zero-order valence-corrected chi connectivity index (χ0v) is 20.1. The van der Waals surface area contributed by atoms with Crippen molar-refractivity contribution < 1.29 is 13.2 Å². The lowest BCUT2D eigenvalue weighted by molar-refractivity contribution is -0.126. The first-order valence-corrected chi connectivity index (χ1v) is 12.9. The summed E-state index contributed by atoms with van der Waals surface area (Å²) in [6.07, 6.45) is 2.28. The van der Waals surface area contributed by atoms with Crippen molar-refractivity contribution in [2.45, 2.75) is 44.9 Å². The largest absolute Gasteiger partial charge is 0.349 e. The number of sulfonamides is 1. The summed E-state index contributed by atoms with van der Waals surface area (Å²) < 4.78 is 27.3. The van der Waals surface area contributed by atoms with Crippen LogP contribution in [0.3, 0.4) is 0 Å². The predicted molar refractivity (Wildman–Crippen MR) is 126 cm³/mol. The van der Waals surface area contributed by atoms with Crippen molar-refractivity contribution in [1.82, 2.24) is 9.62 Å². The van der Waals surface area contributed by atoms with Gasteiger partial charge in [-0.25, -0.2) is 12.7 Å². The Morgan fingerprint density at radius 3 is 2.55 bits per heavy atom. The molecule has 1 amide bonds. The van der Waals surface area contributed by atoms with Gasteiger partial charge in [-0.3, -0.25) is 4.79 Å². The van der Waals surface area contributed by atoms with Crippen LogP contribution in [0.25, 0.3) is 0 Å². The van der Waals surface area contributed by atoms with Crippen LogP contribution in [0.2, 0.25) is 10.0 Å². The first-order chi connectivity index (χ1) is 14.7. The van der Waals surface area contributed by atoms with E-state index in [1.165, 1.54) is 15.9 Å². The van der Waals surface area contributed by atoms with Gasteiger partial charge in [0.05, 0.1) is 17.7 Å². The highest BCUT2D eigenvalue weighted by atomic mass is 35.5. The monoisotopic (exact) mass is 482 g/mol. The van der Waals surface area contributed by atoms with Crippen LogP contribution in [0.1, 0.15) is 49.4 Å². The van der Waals surface area contributed by atoms with Crippen molar-refractivity contribution >= 4 is 39.1 Å². The average molecular weight is 483 g/mol.